The van der Waals surface area contributed by atoms with Gasteiger partial charge in [-0.3, -0.25) is 9.89 Å². The van der Waals surface area contributed by atoms with Crippen molar-refractivity contribution in [2.45, 2.75) is 26.4 Å². The third kappa shape index (κ3) is 5.64. The van der Waals surface area contributed by atoms with E-state index in [2.05, 4.69) is 87.7 Å². The summed E-state index contributed by atoms with van der Waals surface area (Å²) in [6.07, 6.45) is 4.17. The summed E-state index contributed by atoms with van der Waals surface area (Å²) in [5, 5.41) is 6.87. The fraction of sp³-hybridized carbons (Fsp3) is 0.450. The Labute approximate surface area is 151 Å². The SMILES string of the molecule is CCN(CC)C(CNC(=NC)NCc1ccn(C)c1)c1ccccc1. The molecule has 1 heterocycles. The minimum atomic E-state index is 0.325. The number of aromatic nitrogens is 1. The van der Waals surface area contributed by atoms with Crippen LogP contribution < -0.4 is 10.6 Å². The van der Waals surface area contributed by atoms with E-state index in [-0.39, 0.29) is 0 Å². The van der Waals surface area contributed by atoms with E-state index in [0.29, 0.717) is 6.04 Å². The van der Waals surface area contributed by atoms with Gasteiger partial charge in [-0.15, -0.1) is 0 Å². The maximum absolute atomic E-state index is 4.36. The zero-order valence-corrected chi connectivity index (χ0v) is 15.9. The molecule has 1 aromatic carbocycles. The Bertz CT molecular complexity index is 643. The van der Waals surface area contributed by atoms with Crippen LogP contribution in [0.25, 0.3) is 0 Å². The van der Waals surface area contributed by atoms with Gasteiger partial charge in [0.15, 0.2) is 5.96 Å². The molecule has 1 unspecified atom stereocenters. The van der Waals surface area contributed by atoms with Crippen LogP contribution in [-0.4, -0.2) is 42.1 Å². The molecule has 0 aliphatic rings. The lowest BCUT2D eigenvalue weighted by Crippen LogP contribution is -2.43. The van der Waals surface area contributed by atoms with E-state index < -0.39 is 0 Å². The second kappa shape index (κ2) is 9.89. The molecule has 25 heavy (non-hydrogen) atoms. The molecule has 136 valence electrons. The van der Waals surface area contributed by atoms with Crippen molar-refractivity contribution in [2.24, 2.45) is 12.0 Å². The van der Waals surface area contributed by atoms with Crippen LogP contribution in [0.5, 0.6) is 0 Å². The first-order valence-electron chi connectivity index (χ1n) is 9.02. The van der Waals surface area contributed by atoms with Crippen LogP contribution in [0.3, 0.4) is 0 Å². The zero-order valence-electron chi connectivity index (χ0n) is 15.9. The topological polar surface area (TPSA) is 44.6 Å². The molecule has 0 saturated carbocycles. The molecule has 1 aromatic heterocycles. The first-order chi connectivity index (χ1) is 12.2. The van der Waals surface area contributed by atoms with Gasteiger partial charge in [0.2, 0.25) is 0 Å². The normalized spacial score (nSPS) is 13.1. The molecule has 0 aliphatic heterocycles. The van der Waals surface area contributed by atoms with Crippen molar-refractivity contribution in [3.05, 3.63) is 59.9 Å². The molecule has 0 aliphatic carbocycles. The summed E-state index contributed by atoms with van der Waals surface area (Å²) in [7, 11) is 3.85. The Morgan fingerprint density at radius 3 is 2.40 bits per heavy atom. The van der Waals surface area contributed by atoms with Crippen molar-refractivity contribution in [1.29, 1.82) is 0 Å². The summed E-state index contributed by atoms with van der Waals surface area (Å²) in [5.74, 6) is 0.831. The Morgan fingerprint density at radius 1 is 1.12 bits per heavy atom. The van der Waals surface area contributed by atoms with E-state index in [1.165, 1.54) is 11.1 Å². The summed E-state index contributed by atoms with van der Waals surface area (Å²) in [6.45, 7) is 8.05. The van der Waals surface area contributed by atoms with Gasteiger partial charge in [-0.2, -0.15) is 0 Å². The molecule has 5 heteroatoms. The summed E-state index contributed by atoms with van der Waals surface area (Å²) in [4.78, 5) is 6.82. The Hall–Kier alpha value is -2.27. The number of nitrogens with one attached hydrogen (secondary N) is 2. The van der Waals surface area contributed by atoms with Gasteiger partial charge in [-0.1, -0.05) is 44.2 Å². The molecule has 5 nitrogen and oxygen atoms in total. The van der Waals surface area contributed by atoms with Gasteiger partial charge in [0.1, 0.15) is 0 Å². The van der Waals surface area contributed by atoms with Gasteiger partial charge < -0.3 is 15.2 Å². The standard InChI is InChI=1S/C20H31N5/c1-5-25(6-2)19(18-10-8-7-9-11-18)15-23-20(21-3)22-14-17-12-13-24(4)16-17/h7-13,16,19H,5-6,14-15H2,1-4H3,(H2,21,22,23). The van der Waals surface area contributed by atoms with E-state index in [4.69, 9.17) is 0 Å². The average molecular weight is 342 g/mol. The maximum atomic E-state index is 4.36. The predicted octanol–water partition coefficient (Wildman–Crippen LogP) is 2.77. The number of nitrogens with zero attached hydrogens (tertiary/aromatic N) is 3. The molecular weight excluding hydrogens is 310 g/mol. The van der Waals surface area contributed by atoms with Crippen LogP contribution in [0.4, 0.5) is 0 Å². The van der Waals surface area contributed by atoms with Crippen molar-refractivity contribution >= 4 is 5.96 Å². The number of likely N-dealkylation sites (N-methyl/N-ethyl adjacent to an activating group) is 1. The molecule has 2 rings (SSSR count). The van der Waals surface area contributed by atoms with Gasteiger partial charge in [-0.05, 0) is 30.3 Å². The first kappa shape index (κ1) is 19.1. The molecule has 0 radical (unpaired) electrons. The molecule has 0 bridgehead atoms. The van der Waals surface area contributed by atoms with Gasteiger partial charge in [-0.25, -0.2) is 0 Å². The van der Waals surface area contributed by atoms with E-state index >= 15 is 0 Å². The van der Waals surface area contributed by atoms with Crippen LogP contribution >= 0.6 is 0 Å². The van der Waals surface area contributed by atoms with Gasteiger partial charge in [0.05, 0.1) is 6.04 Å². The highest BCUT2D eigenvalue weighted by molar-refractivity contribution is 5.79. The van der Waals surface area contributed by atoms with Crippen LogP contribution in [0.15, 0.2) is 53.8 Å². The van der Waals surface area contributed by atoms with Crippen molar-refractivity contribution < 1.29 is 0 Å². The van der Waals surface area contributed by atoms with E-state index in [1.54, 1.807) is 0 Å². The number of aliphatic imine (C=N–C) groups is 1. The summed E-state index contributed by atoms with van der Waals surface area (Å²) in [5.41, 5.74) is 2.58. The number of rotatable bonds is 8. The second-order valence-electron chi connectivity index (χ2n) is 6.14. The Kier molecular flexibility index (Phi) is 7.54. The maximum Gasteiger partial charge on any atom is 0.191 e. The Balaban J connectivity index is 1.97. The monoisotopic (exact) mass is 341 g/mol. The third-order valence-electron chi connectivity index (χ3n) is 4.48. The summed E-state index contributed by atoms with van der Waals surface area (Å²) in [6, 6.07) is 13.1. The molecule has 1 atom stereocenters. The fourth-order valence-corrected chi connectivity index (χ4v) is 3.06. The highest BCUT2D eigenvalue weighted by atomic mass is 15.2. The molecule has 2 aromatic rings. The molecule has 0 amide bonds. The summed E-state index contributed by atoms with van der Waals surface area (Å²) < 4.78 is 2.05. The molecular formula is C20H31N5. The highest BCUT2D eigenvalue weighted by Crippen LogP contribution is 2.19. The lowest BCUT2D eigenvalue weighted by Gasteiger charge is -2.30. The third-order valence-corrected chi connectivity index (χ3v) is 4.48. The second-order valence-corrected chi connectivity index (χ2v) is 6.14. The number of guanidine groups is 1. The molecule has 0 saturated heterocycles. The minimum absolute atomic E-state index is 0.325. The van der Waals surface area contributed by atoms with Crippen molar-refractivity contribution in [2.75, 3.05) is 26.7 Å². The average Bonchev–Trinajstić information content (AvgIpc) is 3.07. The smallest absolute Gasteiger partial charge is 0.191 e. The number of hydrogen-bond acceptors (Lipinski definition) is 2. The van der Waals surface area contributed by atoms with Crippen LogP contribution in [0.2, 0.25) is 0 Å². The molecule has 0 spiro atoms. The van der Waals surface area contributed by atoms with Gasteiger partial charge >= 0.3 is 0 Å². The predicted molar refractivity (Wildman–Crippen MR) is 106 cm³/mol. The van der Waals surface area contributed by atoms with E-state index in [1.807, 2.05) is 14.1 Å². The van der Waals surface area contributed by atoms with Gasteiger partial charge in [0.25, 0.3) is 0 Å². The quantitative estimate of drug-likeness (QED) is 0.573. The molecule has 2 N–H and O–H groups in total. The van der Waals surface area contributed by atoms with Crippen molar-refractivity contribution in [3.63, 3.8) is 0 Å². The van der Waals surface area contributed by atoms with Crippen molar-refractivity contribution in [3.8, 4) is 0 Å². The van der Waals surface area contributed by atoms with Crippen LogP contribution in [-0.2, 0) is 13.6 Å². The first-order valence-corrected chi connectivity index (χ1v) is 9.02. The number of aryl methyl sites for hydroxylation is 1. The van der Waals surface area contributed by atoms with Crippen LogP contribution in [0.1, 0.15) is 31.0 Å². The zero-order chi connectivity index (χ0) is 18.1. The minimum Gasteiger partial charge on any atom is -0.357 e. The van der Waals surface area contributed by atoms with Crippen molar-refractivity contribution in [1.82, 2.24) is 20.1 Å². The lowest BCUT2D eigenvalue weighted by molar-refractivity contribution is 0.219. The lowest BCUT2D eigenvalue weighted by atomic mass is 10.1. The Morgan fingerprint density at radius 2 is 1.84 bits per heavy atom. The fourth-order valence-electron chi connectivity index (χ4n) is 3.06. The highest BCUT2D eigenvalue weighted by Gasteiger charge is 2.18. The molecule has 0 fully saturated rings. The van der Waals surface area contributed by atoms with Gasteiger partial charge in [0, 0.05) is 39.6 Å². The summed E-state index contributed by atoms with van der Waals surface area (Å²) >= 11 is 0. The largest absolute Gasteiger partial charge is 0.357 e. The number of hydrogen-bond donors (Lipinski definition) is 2. The number of benzene rings is 1. The van der Waals surface area contributed by atoms with Crippen LogP contribution in [0, 0.1) is 0 Å². The van der Waals surface area contributed by atoms with E-state index in [9.17, 15) is 0 Å². The van der Waals surface area contributed by atoms with E-state index in [0.717, 1.165) is 32.1 Å².